The van der Waals surface area contributed by atoms with Crippen LogP contribution in [0.25, 0.3) is 0 Å². The van der Waals surface area contributed by atoms with Crippen LogP contribution in [0.2, 0.25) is 0 Å². The zero-order valence-corrected chi connectivity index (χ0v) is 11.3. The highest BCUT2D eigenvalue weighted by Gasteiger charge is 2.30. The second kappa shape index (κ2) is 5.33. The van der Waals surface area contributed by atoms with Crippen molar-refractivity contribution in [1.82, 2.24) is 0 Å². The fraction of sp³-hybridized carbons (Fsp3) is 0.250. The minimum absolute atomic E-state index is 0.107. The predicted molar refractivity (Wildman–Crippen MR) is 72.3 cm³/mol. The Morgan fingerprint density at radius 1 is 1.19 bits per heavy atom. The summed E-state index contributed by atoms with van der Waals surface area (Å²) in [7, 11) is 1.53. The van der Waals surface area contributed by atoms with Crippen LogP contribution in [0.4, 0.5) is 8.78 Å². The lowest BCUT2D eigenvalue weighted by molar-refractivity contribution is 0.0634. The number of hydrogen-bond acceptors (Lipinski definition) is 3. The predicted octanol–water partition coefficient (Wildman–Crippen LogP) is 3.53. The summed E-state index contributed by atoms with van der Waals surface area (Å²) < 4.78 is 38.0. The van der Waals surface area contributed by atoms with E-state index in [1.807, 2.05) is 0 Å². The SMILES string of the molecule is COc1ccc2c(c1)C(O)CC(c1cccc(F)c1F)O2. The molecule has 21 heavy (non-hydrogen) atoms. The first kappa shape index (κ1) is 13.8. The van der Waals surface area contributed by atoms with Crippen molar-refractivity contribution in [3.8, 4) is 11.5 Å². The van der Waals surface area contributed by atoms with Crippen molar-refractivity contribution in [2.75, 3.05) is 7.11 Å². The Bertz CT molecular complexity index is 673. The van der Waals surface area contributed by atoms with E-state index in [0.29, 0.717) is 17.1 Å². The van der Waals surface area contributed by atoms with Crippen LogP contribution in [-0.2, 0) is 0 Å². The van der Waals surface area contributed by atoms with Gasteiger partial charge in [-0.1, -0.05) is 12.1 Å². The molecule has 0 amide bonds. The summed E-state index contributed by atoms with van der Waals surface area (Å²) in [6, 6.07) is 8.96. The molecular weight excluding hydrogens is 278 g/mol. The van der Waals surface area contributed by atoms with Gasteiger partial charge in [0.25, 0.3) is 0 Å². The summed E-state index contributed by atoms with van der Waals surface area (Å²) in [6.07, 6.45) is -1.39. The standard InChI is InChI=1S/C16H14F2O3/c1-20-9-5-6-14-11(7-9)13(19)8-15(21-14)10-3-2-4-12(17)16(10)18/h2-7,13,15,19H,8H2,1H3. The van der Waals surface area contributed by atoms with Crippen molar-refractivity contribution in [1.29, 1.82) is 0 Å². The normalized spacial score (nSPS) is 20.6. The van der Waals surface area contributed by atoms with E-state index in [4.69, 9.17) is 9.47 Å². The van der Waals surface area contributed by atoms with Crippen molar-refractivity contribution in [3.05, 3.63) is 59.2 Å². The lowest BCUT2D eigenvalue weighted by atomic mass is 9.94. The summed E-state index contributed by atoms with van der Waals surface area (Å²) in [6.45, 7) is 0. The van der Waals surface area contributed by atoms with Crippen molar-refractivity contribution in [2.45, 2.75) is 18.6 Å². The molecule has 2 atom stereocenters. The Morgan fingerprint density at radius 2 is 2.00 bits per heavy atom. The van der Waals surface area contributed by atoms with Gasteiger partial charge < -0.3 is 14.6 Å². The molecule has 0 radical (unpaired) electrons. The molecule has 0 aliphatic carbocycles. The number of benzene rings is 2. The summed E-state index contributed by atoms with van der Waals surface area (Å²) in [4.78, 5) is 0. The molecule has 0 aromatic heterocycles. The molecule has 0 saturated carbocycles. The lowest BCUT2D eigenvalue weighted by Gasteiger charge is -2.30. The average molecular weight is 292 g/mol. The summed E-state index contributed by atoms with van der Waals surface area (Å²) >= 11 is 0. The monoisotopic (exact) mass is 292 g/mol. The molecule has 3 nitrogen and oxygen atoms in total. The second-order valence-corrected chi connectivity index (χ2v) is 4.90. The van der Waals surface area contributed by atoms with Crippen LogP contribution in [0.1, 0.15) is 29.8 Å². The average Bonchev–Trinajstić information content (AvgIpc) is 2.49. The van der Waals surface area contributed by atoms with Gasteiger partial charge in [-0.05, 0) is 24.3 Å². The molecule has 1 aliphatic heterocycles. The van der Waals surface area contributed by atoms with Gasteiger partial charge in [0, 0.05) is 17.5 Å². The third-order valence-corrected chi connectivity index (χ3v) is 3.61. The first-order chi connectivity index (χ1) is 10.1. The molecule has 2 aromatic rings. The largest absolute Gasteiger partial charge is 0.497 e. The lowest BCUT2D eigenvalue weighted by Crippen LogP contribution is -2.20. The first-order valence-corrected chi connectivity index (χ1v) is 6.56. The van der Waals surface area contributed by atoms with Gasteiger partial charge in [0.2, 0.25) is 0 Å². The maximum Gasteiger partial charge on any atom is 0.165 e. The molecule has 0 saturated heterocycles. The quantitative estimate of drug-likeness (QED) is 0.920. The number of methoxy groups -OCH3 is 1. The van der Waals surface area contributed by atoms with Crippen LogP contribution in [0.5, 0.6) is 11.5 Å². The smallest absolute Gasteiger partial charge is 0.165 e. The van der Waals surface area contributed by atoms with E-state index >= 15 is 0 Å². The molecule has 3 rings (SSSR count). The number of fused-ring (bicyclic) bond motifs is 1. The van der Waals surface area contributed by atoms with E-state index in [2.05, 4.69) is 0 Å². The van der Waals surface area contributed by atoms with Crippen LogP contribution < -0.4 is 9.47 Å². The van der Waals surface area contributed by atoms with Gasteiger partial charge >= 0.3 is 0 Å². The minimum Gasteiger partial charge on any atom is -0.497 e. The van der Waals surface area contributed by atoms with Crippen LogP contribution in [0.15, 0.2) is 36.4 Å². The molecule has 1 heterocycles. The van der Waals surface area contributed by atoms with Crippen LogP contribution in [0.3, 0.4) is 0 Å². The van der Waals surface area contributed by atoms with E-state index in [1.54, 1.807) is 18.2 Å². The molecule has 5 heteroatoms. The zero-order valence-electron chi connectivity index (χ0n) is 11.3. The Hall–Kier alpha value is -2.14. The Labute approximate surface area is 120 Å². The molecule has 1 aliphatic rings. The highest BCUT2D eigenvalue weighted by Crippen LogP contribution is 2.42. The van der Waals surface area contributed by atoms with Gasteiger partial charge in [-0.2, -0.15) is 0 Å². The fourth-order valence-corrected chi connectivity index (χ4v) is 2.51. The van der Waals surface area contributed by atoms with Gasteiger partial charge in [0.15, 0.2) is 11.6 Å². The van der Waals surface area contributed by atoms with Crippen molar-refractivity contribution in [3.63, 3.8) is 0 Å². The number of rotatable bonds is 2. The Morgan fingerprint density at radius 3 is 2.76 bits per heavy atom. The number of aliphatic hydroxyl groups excluding tert-OH is 1. The first-order valence-electron chi connectivity index (χ1n) is 6.56. The maximum absolute atomic E-state index is 13.9. The van der Waals surface area contributed by atoms with Crippen molar-refractivity contribution < 1.29 is 23.4 Å². The fourth-order valence-electron chi connectivity index (χ4n) is 2.51. The molecule has 0 spiro atoms. The van der Waals surface area contributed by atoms with Gasteiger partial charge in [0.05, 0.1) is 13.2 Å². The molecule has 2 unspecified atom stereocenters. The van der Waals surface area contributed by atoms with E-state index in [0.717, 1.165) is 6.07 Å². The summed E-state index contributed by atoms with van der Waals surface area (Å²) in [5.41, 5.74) is 0.693. The van der Waals surface area contributed by atoms with Crippen LogP contribution in [-0.4, -0.2) is 12.2 Å². The highest BCUT2D eigenvalue weighted by atomic mass is 19.2. The topological polar surface area (TPSA) is 38.7 Å². The van der Waals surface area contributed by atoms with E-state index in [1.165, 1.54) is 19.2 Å². The highest BCUT2D eigenvalue weighted by molar-refractivity contribution is 5.43. The molecule has 2 aromatic carbocycles. The van der Waals surface area contributed by atoms with Crippen LogP contribution in [0, 0.1) is 11.6 Å². The molecule has 110 valence electrons. The van der Waals surface area contributed by atoms with Crippen molar-refractivity contribution in [2.24, 2.45) is 0 Å². The van der Waals surface area contributed by atoms with Crippen molar-refractivity contribution >= 4 is 0 Å². The second-order valence-electron chi connectivity index (χ2n) is 4.90. The van der Waals surface area contributed by atoms with Gasteiger partial charge in [-0.3, -0.25) is 0 Å². The zero-order chi connectivity index (χ0) is 15.0. The van der Waals surface area contributed by atoms with Crippen LogP contribution >= 0.6 is 0 Å². The number of hydrogen-bond donors (Lipinski definition) is 1. The number of aliphatic hydroxyl groups is 1. The van der Waals surface area contributed by atoms with E-state index < -0.39 is 23.8 Å². The maximum atomic E-state index is 13.9. The van der Waals surface area contributed by atoms with E-state index in [-0.39, 0.29) is 12.0 Å². The minimum atomic E-state index is -0.938. The Kier molecular flexibility index (Phi) is 3.51. The van der Waals surface area contributed by atoms with Gasteiger partial charge in [-0.15, -0.1) is 0 Å². The molecular formula is C16H14F2O3. The summed E-state index contributed by atoms with van der Waals surface area (Å²) in [5.74, 6) is -0.812. The molecule has 0 bridgehead atoms. The summed E-state index contributed by atoms with van der Waals surface area (Å²) in [5, 5.41) is 10.2. The number of halogens is 2. The number of ether oxygens (including phenoxy) is 2. The third-order valence-electron chi connectivity index (χ3n) is 3.61. The molecule has 0 fully saturated rings. The van der Waals surface area contributed by atoms with Gasteiger partial charge in [0.1, 0.15) is 17.6 Å². The third kappa shape index (κ3) is 2.45. The van der Waals surface area contributed by atoms with E-state index in [9.17, 15) is 13.9 Å². The Balaban J connectivity index is 1.97. The molecule has 1 N–H and O–H groups in total. The van der Waals surface area contributed by atoms with Gasteiger partial charge in [-0.25, -0.2) is 8.78 Å².